The van der Waals surface area contributed by atoms with Crippen LogP contribution >= 0.6 is 0 Å². The summed E-state index contributed by atoms with van der Waals surface area (Å²) >= 11 is 0. The summed E-state index contributed by atoms with van der Waals surface area (Å²) in [5, 5.41) is 0. The number of benzene rings is 1. The highest BCUT2D eigenvalue weighted by Crippen LogP contribution is 2.31. The van der Waals surface area contributed by atoms with E-state index in [1.165, 1.54) is 11.1 Å². The van der Waals surface area contributed by atoms with Crippen LogP contribution in [0.15, 0.2) is 24.3 Å². The van der Waals surface area contributed by atoms with Gasteiger partial charge in [-0.25, -0.2) is 0 Å². The van der Waals surface area contributed by atoms with Crippen LogP contribution in [-0.4, -0.2) is 30.3 Å². The second-order valence-corrected chi connectivity index (χ2v) is 5.03. The molecule has 2 rings (SSSR count). The van der Waals surface area contributed by atoms with E-state index < -0.39 is 0 Å². The minimum absolute atomic E-state index is 0.135. The lowest BCUT2D eigenvalue weighted by atomic mass is 9.80. The third-order valence-electron chi connectivity index (χ3n) is 4.09. The molecule has 1 aromatic rings. The molecule has 1 aliphatic rings. The molecule has 0 N–H and O–H groups in total. The molecular weight excluding hydrogens is 222 g/mol. The molecule has 0 aromatic heterocycles. The quantitative estimate of drug-likeness (QED) is 0.794. The van der Waals surface area contributed by atoms with Crippen LogP contribution in [0.4, 0.5) is 0 Å². The van der Waals surface area contributed by atoms with Gasteiger partial charge in [-0.2, -0.15) is 0 Å². The van der Waals surface area contributed by atoms with Gasteiger partial charge in [0, 0.05) is 12.3 Å². The van der Waals surface area contributed by atoms with E-state index in [0.29, 0.717) is 5.78 Å². The molecular formula is C16H23NO. The highest BCUT2D eigenvalue weighted by atomic mass is 16.1. The van der Waals surface area contributed by atoms with E-state index in [0.717, 1.165) is 38.9 Å². The molecule has 2 heteroatoms. The first-order chi connectivity index (χ1) is 8.76. The Morgan fingerprint density at radius 3 is 2.61 bits per heavy atom. The Morgan fingerprint density at radius 2 is 1.89 bits per heavy atom. The molecule has 0 bridgehead atoms. The molecule has 98 valence electrons. The van der Waals surface area contributed by atoms with Crippen molar-refractivity contribution in [2.24, 2.45) is 0 Å². The topological polar surface area (TPSA) is 20.3 Å². The predicted molar refractivity (Wildman–Crippen MR) is 74.9 cm³/mol. The lowest BCUT2D eigenvalue weighted by molar-refractivity contribution is -0.121. The molecule has 0 saturated carbocycles. The number of nitrogens with zero attached hydrogens (tertiary/aromatic N) is 1. The maximum Gasteiger partial charge on any atom is 0.140 e. The monoisotopic (exact) mass is 245 g/mol. The third kappa shape index (κ3) is 2.81. The Kier molecular flexibility index (Phi) is 4.54. The number of carbonyl (C=O) groups excluding carboxylic acids is 1. The number of aryl methyl sites for hydroxylation is 1. The first-order valence-corrected chi connectivity index (χ1v) is 7.09. The summed E-state index contributed by atoms with van der Waals surface area (Å²) < 4.78 is 0. The number of hydrogen-bond acceptors (Lipinski definition) is 2. The molecule has 0 radical (unpaired) electrons. The smallest absolute Gasteiger partial charge is 0.140 e. The van der Waals surface area contributed by atoms with Crippen LogP contribution in [0.25, 0.3) is 0 Å². The fraction of sp³-hybridized carbons (Fsp3) is 0.562. The second kappa shape index (κ2) is 6.14. The van der Waals surface area contributed by atoms with Gasteiger partial charge in [-0.05, 0) is 43.6 Å². The number of carbonyl (C=O) groups is 1. The molecule has 1 atom stereocenters. The predicted octanol–water partition coefficient (Wildman–Crippen LogP) is 3.02. The van der Waals surface area contributed by atoms with Crippen LogP contribution < -0.4 is 0 Å². The van der Waals surface area contributed by atoms with Gasteiger partial charge >= 0.3 is 0 Å². The minimum atomic E-state index is 0.135. The van der Waals surface area contributed by atoms with Crippen LogP contribution in [0, 0.1) is 0 Å². The molecule has 0 amide bonds. The van der Waals surface area contributed by atoms with Crippen LogP contribution in [-0.2, 0) is 11.2 Å². The first kappa shape index (κ1) is 13.3. The number of hydrogen-bond donors (Lipinski definition) is 0. The van der Waals surface area contributed by atoms with Crippen molar-refractivity contribution in [2.45, 2.75) is 39.0 Å². The maximum absolute atomic E-state index is 12.1. The van der Waals surface area contributed by atoms with Gasteiger partial charge < -0.3 is 4.90 Å². The molecule has 1 unspecified atom stereocenters. The Morgan fingerprint density at radius 1 is 1.17 bits per heavy atom. The normalized spacial score (nSPS) is 19.1. The van der Waals surface area contributed by atoms with Gasteiger partial charge in [0.15, 0.2) is 0 Å². The SMILES string of the molecule is CCN(CC)CCC1C(=O)CCc2ccccc21. The van der Waals surface area contributed by atoms with E-state index in [-0.39, 0.29) is 5.92 Å². The standard InChI is InChI=1S/C16H23NO/c1-3-17(4-2)12-11-15-14-8-6-5-7-13(14)9-10-16(15)18/h5-8,15H,3-4,9-12H2,1-2H3. The molecule has 1 aromatic carbocycles. The molecule has 0 spiro atoms. The molecule has 0 aliphatic heterocycles. The van der Waals surface area contributed by atoms with Crippen LogP contribution in [0.1, 0.15) is 43.7 Å². The van der Waals surface area contributed by atoms with E-state index in [2.05, 4.69) is 43.0 Å². The minimum Gasteiger partial charge on any atom is -0.304 e. The van der Waals surface area contributed by atoms with Crippen molar-refractivity contribution in [3.8, 4) is 0 Å². The van der Waals surface area contributed by atoms with Crippen LogP contribution in [0.5, 0.6) is 0 Å². The summed E-state index contributed by atoms with van der Waals surface area (Å²) in [4.78, 5) is 14.5. The molecule has 0 saturated heterocycles. The summed E-state index contributed by atoms with van der Waals surface area (Å²) in [7, 11) is 0. The molecule has 1 aliphatic carbocycles. The van der Waals surface area contributed by atoms with Gasteiger partial charge in [0.05, 0.1) is 0 Å². The molecule has 2 nitrogen and oxygen atoms in total. The van der Waals surface area contributed by atoms with E-state index in [1.807, 2.05) is 0 Å². The number of rotatable bonds is 5. The summed E-state index contributed by atoms with van der Waals surface area (Å²) in [6, 6.07) is 8.45. The van der Waals surface area contributed by atoms with Gasteiger partial charge in [-0.3, -0.25) is 4.79 Å². The zero-order valence-electron chi connectivity index (χ0n) is 11.5. The number of ketones is 1. The molecule has 0 fully saturated rings. The second-order valence-electron chi connectivity index (χ2n) is 5.03. The van der Waals surface area contributed by atoms with Gasteiger partial charge in [-0.15, -0.1) is 0 Å². The Balaban J connectivity index is 2.09. The zero-order chi connectivity index (χ0) is 13.0. The highest BCUT2D eigenvalue weighted by Gasteiger charge is 2.27. The number of Topliss-reactive ketones (excluding diaryl/α,β-unsaturated/α-hetero) is 1. The average molecular weight is 245 g/mol. The fourth-order valence-electron chi connectivity index (χ4n) is 2.88. The Labute approximate surface area is 110 Å². The van der Waals surface area contributed by atoms with E-state index in [1.54, 1.807) is 0 Å². The van der Waals surface area contributed by atoms with Crippen LogP contribution in [0.3, 0.4) is 0 Å². The zero-order valence-corrected chi connectivity index (χ0v) is 11.5. The van der Waals surface area contributed by atoms with Gasteiger partial charge in [-0.1, -0.05) is 38.1 Å². The number of fused-ring (bicyclic) bond motifs is 1. The van der Waals surface area contributed by atoms with E-state index >= 15 is 0 Å². The average Bonchev–Trinajstić information content (AvgIpc) is 2.42. The maximum atomic E-state index is 12.1. The lowest BCUT2D eigenvalue weighted by Gasteiger charge is -2.27. The lowest BCUT2D eigenvalue weighted by Crippen LogP contribution is -2.28. The largest absolute Gasteiger partial charge is 0.304 e. The summed E-state index contributed by atoms with van der Waals surface area (Å²) in [6.45, 7) is 7.52. The van der Waals surface area contributed by atoms with Crippen molar-refractivity contribution in [3.05, 3.63) is 35.4 Å². The Bertz CT molecular complexity index is 409. The summed E-state index contributed by atoms with van der Waals surface area (Å²) in [6.07, 6.45) is 2.62. The van der Waals surface area contributed by atoms with Crippen molar-refractivity contribution in [1.82, 2.24) is 4.90 Å². The van der Waals surface area contributed by atoms with Crippen molar-refractivity contribution in [3.63, 3.8) is 0 Å². The highest BCUT2D eigenvalue weighted by molar-refractivity contribution is 5.88. The van der Waals surface area contributed by atoms with Crippen molar-refractivity contribution in [1.29, 1.82) is 0 Å². The van der Waals surface area contributed by atoms with E-state index in [4.69, 9.17) is 0 Å². The van der Waals surface area contributed by atoms with Crippen molar-refractivity contribution in [2.75, 3.05) is 19.6 Å². The van der Waals surface area contributed by atoms with Crippen molar-refractivity contribution >= 4 is 5.78 Å². The first-order valence-electron chi connectivity index (χ1n) is 7.09. The van der Waals surface area contributed by atoms with Gasteiger partial charge in [0.1, 0.15) is 5.78 Å². The van der Waals surface area contributed by atoms with Crippen molar-refractivity contribution < 1.29 is 4.79 Å². The summed E-state index contributed by atoms with van der Waals surface area (Å²) in [5.74, 6) is 0.566. The molecule has 18 heavy (non-hydrogen) atoms. The fourth-order valence-corrected chi connectivity index (χ4v) is 2.88. The Hall–Kier alpha value is -1.15. The third-order valence-corrected chi connectivity index (χ3v) is 4.09. The summed E-state index contributed by atoms with van der Waals surface area (Å²) in [5.41, 5.74) is 2.66. The van der Waals surface area contributed by atoms with E-state index in [9.17, 15) is 4.79 Å². The van der Waals surface area contributed by atoms with Crippen LogP contribution in [0.2, 0.25) is 0 Å². The molecule has 0 heterocycles. The van der Waals surface area contributed by atoms with Gasteiger partial charge in [0.2, 0.25) is 0 Å². The van der Waals surface area contributed by atoms with Gasteiger partial charge in [0.25, 0.3) is 0 Å².